The molecular weight excluding hydrogens is 249 g/mol. The number of carbonyl (C=O) groups is 1. The molecule has 1 heterocycles. The van der Waals surface area contributed by atoms with Crippen LogP contribution in [0.25, 0.3) is 0 Å². The molecule has 5 heteroatoms. The standard InChI is InChI=1S/C14H18FNO3/c1-14(19)5-2-6-16(9-14)8-10-3-4-11(13(17)18)12(15)7-10/h3-4,7,19H,2,5-6,8-9H2,1H3,(H,17,18). The van der Waals surface area contributed by atoms with Crippen LogP contribution in [0.1, 0.15) is 35.7 Å². The van der Waals surface area contributed by atoms with Crippen LogP contribution in [0, 0.1) is 5.82 Å². The lowest BCUT2D eigenvalue weighted by molar-refractivity contribution is -0.0181. The van der Waals surface area contributed by atoms with Crippen molar-refractivity contribution in [3.05, 3.63) is 35.1 Å². The number of rotatable bonds is 3. The van der Waals surface area contributed by atoms with Gasteiger partial charge < -0.3 is 10.2 Å². The van der Waals surface area contributed by atoms with E-state index < -0.39 is 17.4 Å². The quantitative estimate of drug-likeness (QED) is 0.877. The Morgan fingerprint density at radius 2 is 2.26 bits per heavy atom. The zero-order valence-electron chi connectivity index (χ0n) is 10.9. The Labute approximate surface area is 111 Å². The third-order valence-electron chi connectivity index (χ3n) is 3.42. The summed E-state index contributed by atoms with van der Waals surface area (Å²) in [5.41, 5.74) is -0.285. The van der Waals surface area contributed by atoms with E-state index >= 15 is 0 Å². The van der Waals surface area contributed by atoms with Gasteiger partial charge in [0.1, 0.15) is 5.82 Å². The van der Waals surface area contributed by atoms with Gasteiger partial charge in [-0.05, 0) is 44.0 Å². The molecule has 2 N–H and O–H groups in total. The minimum atomic E-state index is -1.26. The van der Waals surface area contributed by atoms with Crippen LogP contribution >= 0.6 is 0 Å². The normalized spacial score (nSPS) is 24.4. The Morgan fingerprint density at radius 1 is 1.53 bits per heavy atom. The van der Waals surface area contributed by atoms with Crippen LogP contribution in [0.3, 0.4) is 0 Å². The van der Waals surface area contributed by atoms with Crippen LogP contribution in [-0.4, -0.2) is 39.8 Å². The van der Waals surface area contributed by atoms with Crippen molar-refractivity contribution in [1.29, 1.82) is 0 Å². The maximum atomic E-state index is 13.6. The van der Waals surface area contributed by atoms with Crippen molar-refractivity contribution in [2.24, 2.45) is 0 Å². The van der Waals surface area contributed by atoms with E-state index in [1.807, 2.05) is 0 Å². The fourth-order valence-corrected chi connectivity index (χ4v) is 2.55. The van der Waals surface area contributed by atoms with Crippen LogP contribution in [0.15, 0.2) is 18.2 Å². The van der Waals surface area contributed by atoms with Gasteiger partial charge in [-0.25, -0.2) is 9.18 Å². The number of carboxylic acids is 1. The van der Waals surface area contributed by atoms with Crippen molar-refractivity contribution in [3.63, 3.8) is 0 Å². The number of hydrogen-bond donors (Lipinski definition) is 2. The third kappa shape index (κ3) is 3.52. The highest BCUT2D eigenvalue weighted by Crippen LogP contribution is 2.22. The number of carboxylic acid groups (broad SMARTS) is 1. The van der Waals surface area contributed by atoms with E-state index in [-0.39, 0.29) is 5.56 Å². The van der Waals surface area contributed by atoms with E-state index in [0.29, 0.717) is 13.1 Å². The molecule has 0 radical (unpaired) electrons. The Hall–Kier alpha value is -1.46. The zero-order chi connectivity index (χ0) is 14.0. The van der Waals surface area contributed by atoms with E-state index in [0.717, 1.165) is 24.9 Å². The lowest BCUT2D eigenvalue weighted by Gasteiger charge is -2.36. The maximum Gasteiger partial charge on any atom is 0.338 e. The molecule has 4 nitrogen and oxygen atoms in total. The van der Waals surface area contributed by atoms with Crippen molar-refractivity contribution in [2.45, 2.75) is 31.9 Å². The van der Waals surface area contributed by atoms with Gasteiger partial charge in [-0.3, -0.25) is 4.90 Å². The Kier molecular flexibility index (Phi) is 3.87. The summed E-state index contributed by atoms with van der Waals surface area (Å²) in [6.45, 7) is 3.73. The molecule has 0 aliphatic carbocycles. The molecule has 1 atom stereocenters. The summed E-state index contributed by atoms with van der Waals surface area (Å²) in [6.07, 6.45) is 1.68. The lowest BCUT2D eigenvalue weighted by atomic mass is 9.95. The number of halogens is 1. The van der Waals surface area contributed by atoms with Gasteiger partial charge >= 0.3 is 5.97 Å². The third-order valence-corrected chi connectivity index (χ3v) is 3.42. The number of piperidine rings is 1. The molecule has 1 aliphatic heterocycles. The Morgan fingerprint density at radius 3 is 2.84 bits per heavy atom. The highest BCUT2D eigenvalue weighted by Gasteiger charge is 2.28. The van der Waals surface area contributed by atoms with Crippen molar-refractivity contribution >= 4 is 5.97 Å². The molecule has 2 rings (SSSR count). The topological polar surface area (TPSA) is 60.8 Å². The predicted octanol–water partition coefficient (Wildman–Crippen LogP) is 1.87. The molecule has 1 aliphatic rings. The van der Waals surface area contributed by atoms with Crippen LogP contribution in [0.5, 0.6) is 0 Å². The van der Waals surface area contributed by atoms with Crippen molar-refractivity contribution in [2.75, 3.05) is 13.1 Å². The van der Waals surface area contributed by atoms with E-state index in [1.54, 1.807) is 13.0 Å². The van der Waals surface area contributed by atoms with Crippen LogP contribution < -0.4 is 0 Å². The second-order valence-corrected chi connectivity index (χ2v) is 5.43. The van der Waals surface area contributed by atoms with Gasteiger partial charge in [-0.15, -0.1) is 0 Å². The molecule has 0 saturated carbocycles. The van der Waals surface area contributed by atoms with Gasteiger partial charge in [-0.2, -0.15) is 0 Å². The monoisotopic (exact) mass is 267 g/mol. The van der Waals surface area contributed by atoms with Crippen LogP contribution in [-0.2, 0) is 6.54 Å². The first-order valence-electron chi connectivity index (χ1n) is 6.34. The van der Waals surface area contributed by atoms with Crippen molar-refractivity contribution in [3.8, 4) is 0 Å². The molecule has 104 valence electrons. The summed E-state index contributed by atoms with van der Waals surface area (Å²) < 4.78 is 13.6. The molecule has 1 aromatic rings. The fourth-order valence-electron chi connectivity index (χ4n) is 2.55. The number of aliphatic hydroxyl groups is 1. The fraction of sp³-hybridized carbons (Fsp3) is 0.500. The van der Waals surface area contributed by atoms with E-state index in [2.05, 4.69) is 4.90 Å². The van der Waals surface area contributed by atoms with Crippen LogP contribution in [0.4, 0.5) is 4.39 Å². The van der Waals surface area contributed by atoms with Gasteiger partial charge in [0.25, 0.3) is 0 Å². The average Bonchev–Trinajstić information content (AvgIpc) is 2.27. The first-order chi connectivity index (χ1) is 8.87. The Bertz CT molecular complexity index is 488. The Balaban J connectivity index is 2.07. The maximum absolute atomic E-state index is 13.6. The second-order valence-electron chi connectivity index (χ2n) is 5.43. The molecular formula is C14H18FNO3. The number of nitrogens with zero attached hydrogens (tertiary/aromatic N) is 1. The molecule has 0 aromatic heterocycles. The SMILES string of the molecule is CC1(O)CCCN(Cc2ccc(C(=O)O)c(F)c2)C1. The minimum absolute atomic E-state index is 0.311. The average molecular weight is 267 g/mol. The van der Waals surface area contributed by atoms with Gasteiger partial charge in [0.2, 0.25) is 0 Å². The number of hydrogen-bond acceptors (Lipinski definition) is 3. The number of likely N-dealkylation sites (tertiary alicyclic amines) is 1. The summed E-state index contributed by atoms with van der Waals surface area (Å²) >= 11 is 0. The second kappa shape index (κ2) is 5.27. The minimum Gasteiger partial charge on any atom is -0.478 e. The predicted molar refractivity (Wildman–Crippen MR) is 68.5 cm³/mol. The summed E-state index contributed by atoms with van der Waals surface area (Å²) in [5.74, 6) is -1.97. The number of β-amino-alcohol motifs (C(OH)–C–C–N with tert-alkyl or cyclic N) is 1. The van der Waals surface area contributed by atoms with Crippen molar-refractivity contribution in [1.82, 2.24) is 4.90 Å². The summed E-state index contributed by atoms with van der Waals surface area (Å²) in [6, 6.07) is 4.16. The molecule has 0 spiro atoms. The van der Waals surface area contributed by atoms with Gasteiger partial charge in [0.15, 0.2) is 0 Å². The van der Waals surface area contributed by atoms with Gasteiger partial charge in [-0.1, -0.05) is 6.07 Å². The van der Waals surface area contributed by atoms with E-state index in [1.165, 1.54) is 12.1 Å². The molecule has 0 amide bonds. The lowest BCUT2D eigenvalue weighted by Crippen LogP contribution is -2.45. The van der Waals surface area contributed by atoms with E-state index in [4.69, 9.17) is 5.11 Å². The first kappa shape index (κ1) is 14.0. The zero-order valence-corrected chi connectivity index (χ0v) is 10.9. The molecule has 19 heavy (non-hydrogen) atoms. The summed E-state index contributed by atoms with van der Waals surface area (Å²) in [7, 11) is 0. The molecule has 1 aromatic carbocycles. The van der Waals surface area contributed by atoms with Crippen LogP contribution in [0.2, 0.25) is 0 Å². The molecule has 1 unspecified atom stereocenters. The van der Waals surface area contributed by atoms with Gasteiger partial charge in [0, 0.05) is 13.1 Å². The molecule has 1 fully saturated rings. The largest absolute Gasteiger partial charge is 0.478 e. The highest BCUT2D eigenvalue weighted by atomic mass is 19.1. The summed E-state index contributed by atoms with van der Waals surface area (Å²) in [5, 5.41) is 18.8. The highest BCUT2D eigenvalue weighted by molar-refractivity contribution is 5.87. The summed E-state index contributed by atoms with van der Waals surface area (Å²) in [4.78, 5) is 12.8. The smallest absolute Gasteiger partial charge is 0.338 e. The van der Waals surface area contributed by atoms with Gasteiger partial charge in [0.05, 0.1) is 11.2 Å². The molecule has 1 saturated heterocycles. The number of aromatic carboxylic acids is 1. The van der Waals surface area contributed by atoms with E-state index in [9.17, 15) is 14.3 Å². The molecule has 0 bridgehead atoms. The first-order valence-corrected chi connectivity index (χ1v) is 6.34. The van der Waals surface area contributed by atoms with Crippen molar-refractivity contribution < 1.29 is 19.4 Å². The number of benzene rings is 1.